The largest absolute Gasteiger partial charge is 0.411 e. The monoisotopic (exact) mass is 185 g/mol. The fourth-order valence-corrected chi connectivity index (χ4v) is 0.865. The molecule has 1 amide bonds. The highest BCUT2D eigenvalue weighted by molar-refractivity contribution is 6.03. The predicted molar refractivity (Wildman–Crippen MR) is 46.2 cm³/mol. The average molecular weight is 185 g/mol. The molecule has 72 valence electrons. The molecule has 0 aliphatic heterocycles. The second-order valence-electron chi connectivity index (χ2n) is 2.22. The molecule has 0 saturated heterocycles. The van der Waals surface area contributed by atoms with E-state index in [1.807, 2.05) is 0 Å². The van der Waals surface area contributed by atoms with Gasteiger partial charge in [-0.2, -0.15) is 0 Å². The fourth-order valence-electron chi connectivity index (χ4n) is 0.865. The third-order valence-electron chi connectivity index (χ3n) is 1.53. The van der Waals surface area contributed by atoms with E-state index in [2.05, 4.69) is 20.5 Å². The van der Waals surface area contributed by atoms with E-state index in [1.54, 1.807) is 6.92 Å². The zero-order chi connectivity index (χ0) is 10.3. The normalized spacial score (nSPS) is 12.9. The molecule has 0 heterocycles. The Hall–Kier alpha value is -1.75. The number of carbonyl (C=O) groups is 1. The molecular weight excluding hydrogens is 174 g/mol. The SMILES string of the molecule is CCC(C(=O)NC)/C(N=[N+]=[N-])=N/O. The molecule has 0 rings (SSSR count). The number of hydrogen-bond donors (Lipinski definition) is 2. The highest BCUT2D eigenvalue weighted by atomic mass is 16.4. The Bertz CT molecular complexity index is 256. The van der Waals surface area contributed by atoms with E-state index in [1.165, 1.54) is 7.05 Å². The zero-order valence-corrected chi connectivity index (χ0v) is 7.43. The Morgan fingerprint density at radius 1 is 1.77 bits per heavy atom. The van der Waals surface area contributed by atoms with Crippen molar-refractivity contribution in [2.45, 2.75) is 13.3 Å². The van der Waals surface area contributed by atoms with Crippen LogP contribution in [0.15, 0.2) is 10.3 Å². The Morgan fingerprint density at radius 3 is 2.69 bits per heavy atom. The van der Waals surface area contributed by atoms with E-state index in [0.29, 0.717) is 6.42 Å². The van der Waals surface area contributed by atoms with Crippen molar-refractivity contribution in [3.63, 3.8) is 0 Å². The van der Waals surface area contributed by atoms with Crippen LogP contribution < -0.4 is 5.32 Å². The van der Waals surface area contributed by atoms with Crippen molar-refractivity contribution in [2.75, 3.05) is 7.05 Å². The van der Waals surface area contributed by atoms with E-state index in [9.17, 15) is 4.79 Å². The van der Waals surface area contributed by atoms with Crippen molar-refractivity contribution >= 4 is 11.7 Å². The first-order valence-corrected chi connectivity index (χ1v) is 3.69. The highest BCUT2D eigenvalue weighted by Gasteiger charge is 2.20. The first kappa shape index (κ1) is 11.2. The summed E-state index contributed by atoms with van der Waals surface area (Å²) in [5, 5.41) is 16.7. The van der Waals surface area contributed by atoms with Crippen molar-refractivity contribution in [3.8, 4) is 0 Å². The highest BCUT2D eigenvalue weighted by Crippen LogP contribution is 2.06. The van der Waals surface area contributed by atoms with Crippen molar-refractivity contribution in [1.82, 2.24) is 5.32 Å². The van der Waals surface area contributed by atoms with Crippen molar-refractivity contribution < 1.29 is 10.0 Å². The molecule has 0 radical (unpaired) electrons. The lowest BCUT2D eigenvalue weighted by atomic mass is 10.1. The third kappa shape index (κ3) is 3.00. The van der Waals surface area contributed by atoms with E-state index in [-0.39, 0.29) is 11.7 Å². The van der Waals surface area contributed by atoms with Gasteiger partial charge in [0.15, 0.2) is 5.84 Å². The van der Waals surface area contributed by atoms with Crippen LogP contribution in [0.5, 0.6) is 0 Å². The van der Waals surface area contributed by atoms with Gasteiger partial charge in [0.25, 0.3) is 0 Å². The molecular formula is C6H11N5O2. The van der Waals surface area contributed by atoms with Crippen LogP contribution in [0.25, 0.3) is 10.4 Å². The summed E-state index contributed by atoms with van der Waals surface area (Å²) >= 11 is 0. The Balaban J connectivity index is 4.73. The van der Waals surface area contributed by atoms with E-state index < -0.39 is 5.92 Å². The van der Waals surface area contributed by atoms with Crippen LogP contribution in [-0.4, -0.2) is 24.0 Å². The van der Waals surface area contributed by atoms with Crippen LogP contribution in [0.1, 0.15) is 13.3 Å². The number of azide groups is 1. The number of carbonyl (C=O) groups excluding carboxylic acids is 1. The summed E-state index contributed by atoms with van der Waals surface area (Å²) < 4.78 is 0. The molecule has 13 heavy (non-hydrogen) atoms. The number of nitrogens with one attached hydrogen (secondary N) is 1. The number of hydrogen-bond acceptors (Lipinski definition) is 3. The molecule has 0 saturated carbocycles. The second-order valence-corrected chi connectivity index (χ2v) is 2.22. The number of amides is 1. The first-order chi connectivity index (χ1) is 6.21. The summed E-state index contributed by atoms with van der Waals surface area (Å²) in [7, 11) is 1.45. The van der Waals surface area contributed by atoms with Gasteiger partial charge >= 0.3 is 0 Å². The summed E-state index contributed by atoms with van der Waals surface area (Å²) in [5.74, 6) is -1.27. The van der Waals surface area contributed by atoms with Gasteiger partial charge in [-0.05, 0) is 17.1 Å². The maximum atomic E-state index is 11.1. The van der Waals surface area contributed by atoms with Gasteiger partial charge in [0.2, 0.25) is 5.91 Å². The topological polar surface area (TPSA) is 110 Å². The van der Waals surface area contributed by atoms with Gasteiger partial charge in [0.05, 0.1) is 5.92 Å². The van der Waals surface area contributed by atoms with Gasteiger partial charge in [0, 0.05) is 12.0 Å². The molecule has 0 aliphatic carbocycles. The van der Waals surface area contributed by atoms with E-state index in [0.717, 1.165) is 0 Å². The molecule has 0 fully saturated rings. The molecule has 7 nitrogen and oxygen atoms in total. The van der Waals surface area contributed by atoms with Gasteiger partial charge in [-0.1, -0.05) is 12.1 Å². The number of amidine groups is 1. The molecule has 0 aromatic carbocycles. The molecule has 7 heteroatoms. The summed E-state index contributed by atoms with van der Waals surface area (Å²) in [6, 6.07) is 0. The molecule has 1 unspecified atom stereocenters. The molecule has 0 aromatic heterocycles. The Morgan fingerprint density at radius 2 is 2.38 bits per heavy atom. The lowest BCUT2D eigenvalue weighted by molar-refractivity contribution is -0.122. The standard InChI is InChI=1S/C6H11N5O2/c1-3-4(6(12)8-2)5(10-13)9-11-7/h4,13H,3H2,1-2H3,(H,8,12)/b10-5-. The lowest BCUT2D eigenvalue weighted by Gasteiger charge is -2.09. The quantitative estimate of drug-likeness (QED) is 0.129. The smallest absolute Gasteiger partial charge is 0.228 e. The van der Waals surface area contributed by atoms with Gasteiger partial charge in [-0.15, -0.1) is 0 Å². The minimum atomic E-state index is -0.703. The average Bonchev–Trinajstić information content (AvgIpc) is 2.17. The van der Waals surface area contributed by atoms with Crippen molar-refractivity contribution in [2.24, 2.45) is 16.2 Å². The molecule has 0 aromatic rings. The molecule has 2 N–H and O–H groups in total. The van der Waals surface area contributed by atoms with Crippen molar-refractivity contribution in [3.05, 3.63) is 10.4 Å². The first-order valence-electron chi connectivity index (χ1n) is 3.69. The minimum absolute atomic E-state index is 0.218. The number of rotatable bonds is 3. The Labute approximate surface area is 75.1 Å². The zero-order valence-electron chi connectivity index (χ0n) is 7.43. The summed E-state index contributed by atoms with van der Waals surface area (Å²) in [6.07, 6.45) is 0.401. The molecule has 0 aliphatic rings. The number of nitrogens with zero attached hydrogens (tertiary/aromatic N) is 4. The maximum absolute atomic E-state index is 11.1. The summed E-state index contributed by atoms with van der Waals surface area (Å²) in [4.78, 5) is 13.6. The summed E-state index contributed by atoms with van der Waals surface area (Å²) in [6.45, 7) is 1.72. The van der Waals surface area contributed by atoms with Crippen LogP contribution in [0.3, 0.4) is 0 Å². The lowest BCUT2D eigenvalue weighted by Crippen LogP contribution is -2.31. The van der Waals surface area contributed by atoms with Crippen LogP contribution >= 0.6 is 0 Å². The molecule has 1 atom stereocenters. The van der Waals surface area contributed by atoms with E-state index >= 15 is 0 Å². The van der Waals surface area contributed by atoms with Gasteiger partial charge < -0.3 is 10.5 Å². The molecule has 0 spiro atoms. The number of oxime groups is 1. The maximum Gasteiger partial charge on any atom is 0.228 e. The van der Waals surface area contributed by atoms with Crippen molar-refractivity contribution in [1.29, 1.82) is 0 Å². The van der Waals surface area contributed by atoms with E-state index in [4.69, 9.17) is 10.7 Å². The fraction of sp³-hybridized carbons (Fsp3) is 0.667. The van der Waals surface area contributed by atoms with Gasteiger partial charge in [-0.3, -0.25) is 4.79 Å². The van der Waals surface area contributed by atoms with Gasteiger partial charge in [0.1, 0.15) is 0 Å². The van der Waals surface area contributed by atoms with Crippen LogP contribution in [-0.2, 0) is 4.79 Å². The van der Waals surface area contributed by atoms with Gasteiger partial charge in [-0.25, -0.2) is 0 Å². The summed E-state index contributed by atoms with van der Waals surface area (Å²) in [5.41, 5.74) is 8.10. The second kappa shape index (κ2) is 5.84. The Kier molecular flexibility index (Phi) is 5.06. The van der Waals surface area contributed by atoms with Crippen LogP contribution in [0.4, 0.5) is 0 Å². The minimum Gasteiger partial charge on any atom is -0.411 e. The van der Waals surface area contributed by atoms with Crippen LogP contribution in [0.2, 0.25) is 0 Å². The third-order valence-corrected chi connectivity index (χ3v) is 1.53. The molecule has 0 bridgehead atoms. The van der Waals surface area contributed by atoms with Crippen LogP contribution in [0, 0.1) is 5.92 Å². The predicted octanol–water partition coefficient (Wildman–Crippen LogP) is 0.857.